The second kappa shape index (κ2) is 5.13. The lowest BCUT2D eigenvalue weighted by Gasteiger charge is -2.29. The maximum absolute atomic E-state index is 4.37. The van der Waals surface area contributed by atoms with Crippen LogP contribution in [0.3, 0.4) is 0 Å². The average Bonchev–Trinajstić information content (AvgIpc) is 2.86. The monoisotopic (exact) mass is 260 g/mol. The van der Waals surface area contributed by atoms with Crippen molar-refractivity contribution in [3.8, 4) is 0 Å². The molecule has 1 unspecified atom stereocenters. The smallest absolute Gasteiger partial charge is 0.254 e. The molecule has 0 spiro atoms. The predicted molar refractivity (Wildman–Crippen MR) is 74.4 cm³/mol. The first-order chi connectivity index (χ1) is 9.24. The number of hydrogen-bond donors (Lipinski definition) is 1. The maximum atomic E-state index is 4.37. The summed E-state index contributed by atoms with van der Waals surface area (Å²) in [5.41, 5.74) is 0.971. The van der Waals surface area contributed by atoms with Crippen molar-refractivity contribution in [2.24, 2.45) is 0 Å². The Kier molecular flexibility index (Phi) is 3.33. The lowest BCUT2D eigenvalue weighted by atomic mass is 10.0. The van der Waals surface area contributed by atoms with Crippen LogP contribution < -0.4 is 10.2 Å². The van der Waals surface area contributed by atoms with Crippen LogP contribution in [0.25, 0.3) is 5.78 Å². The second-order valence-corrected chi connectivity index (χ2v) is 5.25. The molecule has 0 amide bonds. The van der Waals surface area contributed by atoms with Gasteiger partial charge in [0.25, 0.3) is 5.78 Å². The van der Waals surface area contributed by atoms with E-state index >= 15 is 0 Å². The summed E-state index contributed by atoms with van der Waals surface area (Å²) >= 11 is 0. The van der Waals surface area contributed by atoms with Crippen molar-refractivity contribution in [1.82, 2.24) is 24.9 Å². The van der Waals surface area contributed by atoms with E-state index < -0.39 is 0 Å². The molecule has 2 aromatic rings. The van der Waals surface area contributed by atoms with Crippen LogP contribution in [-0.2, 0) is 0 Å². The molecule has 0 aliphatic carbocycles. The first-order valence-electron chi connectivity index (χ1n) is 6.86. The Morgan fingerprint density at radius 3 is 3.16 bits per heavy atom. The summed E-state index contributed by atoms with van der Waals surface area (Å²) in [6.45, 7) is 4.11. The van der Waals surface area contributed by atoms with E-state index in [1.54, 1.807) is 10.8 Å². The number of anilines is 1. The normalized spacial score (nSPS) is 19.8. The van der Waals surface area contributed by atoms with E-state index in [0.717, 1.165) is 24.6 Å². The van der Waals surface area contributed by atoms with Gasteiger partial charge in [0.05, 0.1) is 0 Å². The van der Waals surface area contributed by atoms with Crippen molar-refractivity contribution in [3.05, 3.63) is 18.1 Å². The highest BCUT2D eigenvalue weighted by Gasteiger charge is 2.17. The summed E-state index contributed by atoms with van der Waals surface area (Å²) in [6, 6.07) is 2.62. The molecule has 6 nitrogen and oxygen atoms in total. The molecule has 102 valence electrons. The van der Waals surface area contributed by atoms with Crippen LogP contribution in [0, 0.1) is 6.92 Å². The van der Waals surface area contributed by atoms with E-state index in [1.165, 1.54) is 19.3 Å². The van der Waals surface area contributed by atoms with Gasteiger partial charge in [-0.05, 0) is 26.3 Å². The molecule has 2 aromatic heterocycles. The van der Waals surface area contributed by atoms with Gasteiger partial charge in [-0.3, -0.25) is 0 Å². The molecule has 1 fully saturated rings. The fraction of sp³-hybridized carbons (Fsp3) is 0.615. The van der Waals surface area contributed by atoms with Crippen molar-refractivity contribution in [2.45, 2.75) is 32.2 Å². The summed E-state index contributed by atoms with van der Waals surface area (Å²) < 4.78 is 1.80. The number of hydrogen-bond acceptors (Lipinski definition) is 5. The number of fused-ring (bicyclic) bond motifs is 1. The number of rotatable bonds is 3. The predicted octanol–water partition coefficient (Wildman–Crippen LogP) is 1.01. The van der Waals surface area contributed by atoms with Crippen molar-refractivity contribution in [1.29, 1.82) is 0 Å². The minimum Gasteiger partial charge on any atom is -0.358 e. The Balaban J connectivity index is 1.83. The number of aromatic nitrogens is 4. The van der Waals surface area contributed by atoms with Crippen LogP contribution in [0.1, 0.15) is 25.0 Å². The Bertz CT molecular complexity index is 557. The van der Waals surface area contributed by atoms with Gasteiger partial charge in [-0.1, -0.05) is 6.42 Å². The number of piperidine rings is 1. The van der Waals surface area contributed by atoms with Crippen LogP contribution in [0.5, 0.6) is 0 Å². The molecule has 1 aliphatic rings. The molecule has 1 aliphatic heterocycles. The molecule has 0 radical (unpaired) electrons. The van der Waals surface area contributed by atoms with E-state index in [1.807, 2.05) is 6.92 Å². The minimum atomic E-state index is 0.561. The van der Waals surface area contributed by atoms with Crippen molar-refractivity contribution < 1.29 is 0 Å². The van der Waals surface area contributed by atoms with Crippen LogP contribution in [0.15, 0.2) is 12.4 Å². The Labute approximate surface area is 112 Å². The van der Waals surface area contributed by atoms with E-state index in [4.69, 9.17) is 0 Å². The highest BCUT2D eigenvalue weighted by Crippen LogP contribution is 2.16. The fourth-order valence-corrected chi connectivity index (χ4v) is 2.69. The summed E-state index contributed by atoms with van der Waals surface area (Å²) in [5, 5.41) is 7.83. The topological polar surface area (TPSA) is 58.4 Å². The van der Waals surface area contributed by atoms with Crippen molar-refractivity contribution >= 4 is 11.6 Å². The molecule has 1 N–H and O–H groups in total. The lowest BCUT2D eigenvalue weighted by molar-refractivity contribution is 0.402. The molecule has 0 saturated carbocycles. The lowest BCUT2D eigenvalue weighted by Crippen LogP contribution is -2.43. The standard InChI is InChI=1S/C13H20N6/c1-10-7-12(19-13(17-10)15-9-16-19)18(2)8-11-5-3-4-6-14-11/h7,9,11,14H,3-6,8H2,1-2H3. The maximum Gasteiger partial charge on any atom is 0.254 e. The average molecular weight is 260 g/mol. The number of likely N-dealkylation sites (N-methyl/N-ethyl adjacent to an activating group) is 1. The number of aryl methyl sites for hydroxylation is 1. The summed E-state index contributed by atoms with van der Waals surface area (Å²) in [4.78, 5) is 10.8. The molecule has 0 bridgehead atoms. The quantitative estimate of drug-likeness (QED) is 0.892. The van der Waals surface area contributed by atoms with E-state index in [0.29, 0.717) is 11.8 Å². The third-order valence-electron chi connectivity index (χ3n) is 3.66. The van der Waals surface area contributed by atoms with E-state index in [-0.39, 0.29) is 0 Å². The van der Waals surface area contributed by atoms with Crippen LogP contribution >= 0.6 is 0 Å². The fourth-order valence-electron chi connectivity index (χ4n) is 2.69. The zero-order valence-corrected chi connectivity index (χ0v) is 11.5. The third kappa shape index (κ3) is 2.53. The van der Waals surface area contributed by atoms with Crippen LogP contribution in [0.2, 0.25) is 0 Å². The van der Waals surface area contributed by atoms with E-state index in [9.17, 15) is 0 Å². The first kappa shape index (κ1) is 12.3. The number of nitrogens with one attached hydrogen (secondary N) is 1. The minimum absolute atomic E-state index is 0.561. The Morgan fingerprint density at radius 1 is 1.47 bits per heavy atom. The van der Waals surface area contributed by atoms with E-state index in [2.05, 4.69) is 38.4 Å². The molecule has 6 heteroatoms. The van der Waals surface area contributed by atoms with Gasteiger partial charge < -0.3 is 10.2 Å². The molecule has 3 heterocycles. The van der Waals surface area contributed by atoms with Gasteiger partial charge in [0.2, 0.25) is 0 Å². The van der Waals surface area contributed by atoms with Gasteiger partial charge in [-0.2, -0.15) is 14.6 Å². The highest BCUT2D eigenvalue weighted by atomic mass is 15.4. The van der Waals surface area contributed by atoms with Gasteiger partial charge in [0, 0.05) is 31.4 Å². The Morgan fingerprint density at radius 2 is 2.37 bits per heavy atom. The van der Waals surface area contributed by atoms with Gasteiger partial charge in [-0.15, -0.1) is 0 Å². The zero-order valence-electron chi connectivity index (χ0n) is 11.5. The molecule has 1 atom stereocenters. The van der Waals surface area contributed by atoms with Gasteiger partial charge in [0.1, 0.15) is 12.1 Å². The third-order valence-corrected chi connectivity index (χ3v) is 3.66. The first-order valence-corrected chi connectivity index (χ1v) is 6.86. The Hall–Kier alpha value is -1.69. The second-order valence-electron chi connectivity index (χ2n) is 5.25. The number of nitrogens with zero attached hydrogens (tertiary/aromatic N) is 5. The van der Waals surface area contributed by atoms with Gasteiger partial charge >= 0.3 is 0 Å². The summed E-state index contributed by atoms with van der Waals surface area (Å²) in [7, 11) is 2.10. The molecular weight excluding hydrogens is 240 g/mol. The molecule has 3 rings (SSSR count). The molecule has 19 heavy (non-hydrogen) atoms. The molecular formula is C13H20N6. The van der Waals surface area contributed by atoms with Gasteiger partial charge in [-0.25, -0.2) is 4.98 Å². The summed E-state index contributed by atoms with van der Waals surface area (Å²) in [5.74, 6) is 1.71. The van der Waals surface area contributed by atoms with Crippen LogP contribution in [0.4, 0.5) is 5.82 Å². The highest BCUT2D eigenvalue weighted by molar-refractivity contribution is 5.46. The van der Waals surface area contributed by atoms with Gasteiger partial charge in [0.15, 0.2) is 0 Å². The van der Waals surface area contributed by atoms with Crippen molar-refractivity contribution in [3.63, 3.8) is 0 Å². The molecule has 0 aromatic carbocycles. The SMILES string of the molecule is Cc1cc(N(C)CC2CCCCN2)n2ncnc2n1. The summed E-state index contributed by atoms with van der Waals surface area (Å²) in [6.07, 6.45) is 5.41. The zero-order chi connectivity index (χ0) is 13.2. The molecule has 1 saturated heterocycles. The van der Waals surface area contributed by atoms with Crippen molar-refractivity contribution in [2.75, 3.05) is 25.0 Å². The van der Waals surface area contributed by atoms with Crippen LogP contribution in [-0.4, -0.2) is 45.8 Å². The largest absolute Gasteiger partial charge is 0.358 e.